The number of unbranched alkanes of at least 4 members (excludes halogenated alkanes) is 2. The molecule has 0 rings (SSSR count). The van der Waals surface area contributed by atoms with Crippen molar-refractivity contribution in [1.29, 1.82) is 0 Å². The maximum atomic E-state index is 8.36. The van der Waals surface area contributed by atoms with Gasteiger partial charge < -0.3 is 26.2 Å². The minimum absolute atomic E-state index is 0.250. The highest BCUT2D eigenvalue weighted by molar-refractivity contribution is 5.33. The Kier molecular flexibility index (Phi) is 29.0. The number of hydrogen-bond acceptors (Lipinski definition) is 5. The molecule has 172 valence electrons. The molecule has 29 heavy (non-hydrogen) atoms. The zero-order valence-electron chi connectivity index (χ0n) is 19.2. The molecule has 0 bridgehead atoms. The smallest absolute Gasteiger partial charge is 0.290 e. The van der Waals surface area contributed by atoms with Crippen LogP contribution in [0.15, 0.2) is 23.8 Å². The van der Waals surface area contributed by atoms with Crippen LogP contribution in [0.25, 0.3) is 0 Å². The molecule has 0 fully saturated rings. The molecule has 7 nitrogen and oxygen atoms in total. The molecule has 0 aliphatic rings. The van der Waals surface area contributed by atoms with E-state index in [2.05, 4.69) is 68.8 Å². The number of carbonyl (C=O) groups is 2. The summed E-state index contributed by atoms with van der Waals surface area (Å²) < 4.78 is 0. The minimum Gasteiger partial charge on any atom is -0.483 e. The van der Waals surface area contributed by atoms with Gasteiger partial charge in [0.25, 0.3) is 12.9 Å². The van der Waals surface area contributed by atoms with Gasteiger partial charge in [0.2, 0.25) is 0 Å². The number of carboxylic acid groups (broad SMARTS) is 2. The molecule has 0 saturated heterocycles. The predicted molar refractivity (Wildman–Crippen MR) is 123 cm³/mol. The predicted octanol–water partition coefficient (Wildman–Crippen LogP) is 3.43. The third-order valence-electron chi connectivity index (χ3n) is 3.57. The maximum Gasteiger partial charge on any atom is 0.290 e. The Hall–Kier alpha value is -1.70. The van der Waals surface area contributed by atoms with Crippen molar-refractivity contribution in [2.75, 3.05) is 32.7 Å². The van der Waals surface area contributed by atoms with Crippen LogP contribution in [0, 0.1) is 0 Å². The summed E-state index contributed by atoms with van der Waals surface area (Å²) in [5.41, 5.74) is 1.65. The van der Waals surface area contributed by atoms with Crippen molar-refractivity contribution in [1.82, 2.24) is 16.0 Å². The molecule has 0 amide bonds. The van der Waals surface area contributed by atoms with Gasteiger partial charge in [-0.15, -0.1) is 0 Å². The van der Waals surface area contributed by atoms with E-state index in [-0.39, 0.29) is 18.5 Å². The molecule has 5 N–H and O–H groups in total. The SMILES string of the molecule is C/C=C\C(=C/CC)CNCCCCNCCCCNC(C)(C)C.O=CO.O=CO. The summed E-state index contributed by atoms with van der Waals surface area (Å²) in [7, 11) is 0. The van der Waals surface area contributed by atoms with Crippen molar-refractivity contribution in [2.24, 2.45) is 0 Å². The number of allylic oxidation sites excluding steroid dienone is 2. The molecule has 0 aliphatic carbocycles. The topological polar surface area (TPSA) is 111 Å². The molecular formula is C22H45N3O4. The second-order valence-corrected chi connectivity index (χ2v) is 7.42. The second kappa shape index (κ2) is 26.3. The fourth-order valence-corrected chi connectivity index (χ4v) is 2.37. The van der Waals surface area contributed by atoms with E-state index in [4.69, 9.17) is 19.8 Å². The Morgan fingerprint density at radius 2 is 1.31 bits per heavy atom. The Morgan fingerprint density at radius 1 is 0.862 bits per heavy atom. The molecule has 0 saturated carbocycles. The Labute approximate surface area is 178 Å². The fraction of sp³-hybridized carbons (Fsp3) is 0.727. The number of rotatable bonds is 14. The lowest BCUT2D eigenvalue weighted by Crippen LogP contribution is -2.36. The average molecular weight is 416 g/mol. The van der Waals surface area contributed by atoms with Gasteiger partial charge in [0.15, 0.2) is 0 Å². The molecule has 0 heterocycles. The number of hydrogen-bond donors (Lipinski definition) is 5. The number of nitrogens with one attached hydrogen (secondary N) is 3. The van der Waals surface area contributed by atoms with Crippen molar-refractivity contribution in [2.45, 2.75) is 72.3 Å². The molecule has 0 aromatic carbocycles. The van der Waals surface area contributed by atoms with Crippen molar-refractivity contribution < 1.29 is 19.8 Å². The Morgan fingerprint density at radius 3 is 1.72 bits per heavy atom. The quantitative estimate of drug-likeness (QED) is 0.168. The van der Waals surface area contributed by atoms with Crippen molar-refractivity contribution >= 4 is 12.9 Å². The van der Waals surface area contributed by atoms with Crippen LogP contribution in [0.1, 0.15) is 66.7 Å². The summed E-state index contributed by atoms with van der Waals surface area (Å²) in [4.78, 5) is 16.7. The first kappa shape index (κ1) is 32.0. The van der Waals surface area contributed by atoms with Crippen molar-refractivity contribution in [3.8, 4) is 0 Å². The lowest BCUT2D eigenvalue weighted by molar-refractivity contribution is -0.123. The summed E-state index contributed by atoms with van der Waals surface area (Å²) in [6, 6.07) is 0. The van der Waals surface area contributed by atoms with Crippen LogP contribution in [-0.4, -0.2) is 61.4 Å². The van der Waals surface area contributed by atoms with Crippen molar-refractivity contribution in [3.05, 3.63) is 23.8 Å². The Balaban J connectivity index is -0.000000993. The third kappa shape index (κ3) is 37.7. The molecule has 0 aromatic heterocycles. The fourth-order valence-electron chi connectivity index (χ4n) is 2.37. The Bertz CT molecular complexity index is 399. The van der Waals surface area contributed by atoms with E-state index in [9.17, 15) is 0 Å². The zero-order valence-corrected chi connectivity index (χ0v) is 19.2. The second-order valence-electron chi connectivity index (χ2n) is 7.42. The van der Waals surface area contributed by atoms with E-state index in [1.807, 2.05) is 0 Å². The summed E-state index contributed by atoms with van der Waals surface area (Å²) >= 11 is 0. The van der Waals surface area contributed by atoms with Crippen molar-refractivity contribution in [3.63, 3.8) is 0 Å². The van der Waals surface area contributed by atoms with Gasteiger partial charge >= 0.3 is 0 Å². The van der Waals surface area contributed by atoms with Crippen LogP contribution in [0.3, 0.4) is 0 Å². The average Bonchev–Trinajstić information content (AvgIpc) is 2.63. The molecule has 0 spiro atoms. The van der Waals surface area contributed by atoms with Gasteiger partial charge in [-0.1, -0.05) is 25.2 Å². The van der Waals surface area contributed by atoms with Crippen LogP contribution >= 0.6 is 0 Å². The first-order chi connectivity index (χ1) is 13.8. The van der Waals surface area contributed by atoms with Gasteiger partial charge in [-0.3, -0.25) is 9.59 Å². The van der Waals surface area contributed by atoms with Crippen LogP contribution in [0.4, 0.5) is 0 Å². The van der Waals surface area contributed by atoms with Crippen LogP contribution < -0.4 is 16.0 Å². The van der Waals surface area contributed by atoms with Gasteiger partial charge in [0.05, 0.1) is 0 Å². The lowest BCUT2D eigenvalue weighted by atomic mass is 10.1. The molecule has 0 aliphatic heterocycles. The summed E-state index contributed by atoms with van der Waals surface area (Å²) in [5.74, 6) is 0. The first-order valence-corrected chi connectivity index (χ1v) is 10.5. The molecule has 0 aromatic rings. The third-order valence-corrected chi connectivity index (χ3v) is 3.57. The first-order valence-electron chi connectivity index (χ1n) is 10.5. The zero-order chi connectivity index (χ0) is 22.8. The maximum absolute atomic E-state index is 8.36. The summed E-state index contributed by atoms with van der Waals surface area (Å²) in [6.45, 7) is 15.9. The van der Waals surface area contributed by atoms with E-state index >= 15 is 0 Å². The van der Waals surface area contributed by atoms with E-state index < -0.39 is 0 Å². The normalized spacial score (nSPS) is 11.3. The highest BCUT2D eigenvalue weighted by atomic mass is 16.3. The van der Waals surface area contributed by atoms with Gasteiger partial charge in [-0.05, 0) is 91.6 Å². The van der Waals surface area contributed by atoms with Crippen LogP contribution in [0.2, 0.25) is 0 Å². The largest absolute Gasteiger partial charge is 0.483 e. The van der Waals surface area contributed by atoms with Crippen LogP contribution in [-0.2, 0) is 9.59 Å². The van der Waals surface area contributed by atoms with Crippen LogP contribution in [0.5, 0.6) is 0 Å². The van der Waals surface area contributed by atoms with Gasteiger partial charge in [0.1, 0.15) is 0 Å². The molecule has 7 heteroatoms. The summed E-state index contributed by atoms with van der Waals surface area (Å²) in [6.07, 6.45) is 12.7. The van der Waals surface area contributed by atoms with Gasteiger partial charge in [-0.2, -0.15) is 0 Å². The molecular weight excluding hydrogens is 370 g/mol. The highest BCUT2D eigenvalue weighted by Gasteiger charge is 2.06. The minimum atomic E-state index is -0.250. The lowest BCUT2D eigenvalue weighted by Gasteiger charge is -2.20. The summed E-state index contributed by atoms with van der Waals surface area (Å²) in [5, 5.41) is 24.4. The van der Waals surface area contributed by atoms with E-state index in [0.717, 1.165) is 39.1 Å². The molecule has 0 unspecified atom stereocenters. The molecule has 0 radical (unpaired) electrons. The molecule has 0 atom stereocenters. The van der Waals surface area contributed by atoms with E-state index in [1.54, 1.807) is 0 Å². The van der Waals surface area contributed by atoms with E-state index in [0.29, 0.717) is 0 Å². The highest BCUT2D eigenvalue weighted by Crippen LogP contribution is 1.99. The van der Waals surface area contributed by atoms with Gasteiger partial charge in [-0.25, -0.2) is 0 Å². The monoisotopic (exact) mass is 415 g/mol. The standard InChI is InChI=1S/C20H41N3.2CH2O2/c1-6-12-19(13-7-2)18-22-16-9-8-14-21-15-10-11-17-23-20(3,4)5;2*2-1-3/h6,12-13,21-23H,7-11,14-18H2,1-5H3;2*1H,(H,2,3)/b12-6-,19-13+;;. The van der Waals surface area contributed by atoms with E-state index in [1.165, 1.54) is 31.3 Å². The van der Waals surface area contributed by atoms with Gasteiger partial charge in [0, 0.05) is 12.1 Å².